The van der Waals surface area contributed by atoms with E-state index in [1.165, 1.54) is 5.57 Å². The molecule has 2 heteroatoms. The molecule has 0 radical (unpaired) electrons. The zero-order chi connectivity index (χ0) is 10.3. The van der Waals surface area contributed by atoms with E-state index in [4.69, 9.17) is 4.74 Å². The van der Waals surface area contributed by atoms with Gasteiger partial charge in [0, 0.05) is 10.9 Å². The van der Waals surface area contributed by atoms with Crippen LogP contribution in [-0.2, 0) is 4.74 Å². The first-order valence-electron chi connectivity index (χ1n) is 3.98. The van der Waals surface area contributed by atoms with E-state index < -0.39 is 0 Å². The zero-order valence-electron chi connectivity index (χ0n) is 8.14. The topological polar surface area (TPSA) is 9.23 Å². The van der Waals surface area contributed by atoms with Crippen LogP contribution in [0.5, 0.6) is 0 Å². The van der Waals surface area contributed by atoms with Crippen LogP contribution in [-0.4, -0.2) is 12.4 Å². The molecule has 0 aromatic rings. The predicted octanol–water partition coefficient (Wildman–Crippen LogP) is 3.60. The Kier molecular flexibility index (Phi) is 6.33. The van der Waals surface area contributed by atoms with Gasteiger partial charge in [-0.05, 0) is 18.6 Å². The van der Waals surface area contributed by atoms with Crippen molar-refractivity contribution in [3.8, 4) is 0 Å². The molecule has 0 unspecified atom stereocenters. The lowest BCUT2D eigenvalue weighted by Gasteiger charge is -2.05. The molecule has 0 aromatic heterocycles. The molecule has 72 valence electrons. The van der Waals surface area contributed by atoms with E-state index in [0.29, 0.717) is 5.76 Å². The van der Waals surface area contributed by atoms with Crippen LogP contribution >= 0.6 is 15.9 Å². The van der Waals surface area contributed by atoms with Gasteiger partial charge in [0.25, 0.3) is 0 Å². The SMILES string of the molecule is C=C/C(=C\C(=C/C)CBr)C(=C)OC. The van der Waals surface area contributed by atoms with Crippen LogP contribution in [0.1, 0.15) is 6.92 Å². The first-order chi connectivity index (χ1) is 6.19. The fraction of sp³-hybridized carbons (Fsp3) is 0.273. The molecule has 0 fully saturated rings. The van der Waals surface area contributed by atoms with Gasteiger partial charge in [0.2, 0.25) is 0 Å². The third-order valence-electron chi connectivity index (χ3n) is 1.65. The highest BCUT2D eigenvalue weighted by Crippen LogP contribution is 2.13. The molecule has 0 N–H and O–H groups in total. The monoisotopic (exact) mass is 242 g/mol. The molecule has 0 rings (SSSR count). The van der Waals surface area contributed by atoms with Crippen LogP contribution in [0.15, 0.2) is 48.3 Å². The van der Waals surface area contributed by atoms with Crippen LogP contribution in [0.2, 0.25) is 0 Å². The number of alkyl halides is 1. The first-order valence-corrected chi connectivity index (χ1v) is 5.10. The molecule has 0 heterocycles. The van der Waals surface area contributed by atoms with Gasteiger partial charge in [-0.25, -0.2) is 0 Å². The van der Waals surface area contributed by atoms with Crippen molar-refractivity contribution in [3.63, 3.8) is 0 Å². The molecule has 0 aliphatic heterocycles. The van der Waals surface area contributed by atoms with Crippen molar-refractivity contribution in [1.82, 2.24) is 0 Å². The number of ether oxygens (including phenoxy) is 1. The van der Waals surface area contributed by atoms with E-state index in [2.05, 4.69) is 29.1 Å². The van der Waals surface area contributed by atoms with Crippen LogP contribution in [0.3, 0.4) is 0 Å². The average Bonchev–Trinajstić information content (AvgIpc) is 2.19. The fourth-order valence-corrected chi connectivity index (χ4v) is 1.26. The number of halogens is 1. The number of allylic oxidation sites excluding steroid dienone is 4. The van der Waals surface area contributed by atoms with Crippen molar-refractivity contribution < 1.29 is 4.74 Å². The Hall–Kier alpha value is -0.760. The summed E-state index contributed by atoms with van der Waals surface area (Å²) in [6, 6.07) is 0. The van der Waals surface area contributed by atoms with E-state index in [-0.39, 0.29) is 0 Å². The number of hydrogen-bond donors (Lipinski definition) is 0. The lowest BCUT2D eigenvalue weighted by molar-refractivity contribution is 0.304. The Balaban J connectivity index is 4.75. The summed E-state index contributed by atoms with van der Waals surface area (Å²) < 4.78 is 5.02. The maximum atomic E-state index is 5.02. The molecule has 13 heavy (non-hydrogen) atoms. The Labute approximate surface area is 88.6 Å². The summed E-state index contributed by atoms with van der Waals surface area (Å²) in [5.41, 5.74) is 2.09. The average molecular weight is 243 g/mol. The van der Waals surface area contributed by atoms with Gasteiger partial charge in [-0.1, -0.05) is 41.2 Å². The molecule has 0 spiro atoms. The maximum absolute atomic E-state index is 5.02. The second-order valence-electron chi connectivity index (χ2n) is 2.43. The van der Waals surface area contributed by atoms with Gasteiger partial charge < -0.3 is 4.74 Å². The van der Waals surface area contributed by atoms with E-state index in [9.17, 15) is 0 Å². The van der Waals surface area contributed by atoms with Crippen LogP contribution < -0.4 is 0 Å². The molecule has 0 amide bonds. The third kappa shape index (κ3) is 4.13. The van der Waals surface area contributed by atoms with Crippen LogP contribution in [0, 0.1) is 0 Å². The minimum Gasteiger partial charge on any atom is -0.497 e. The molecule has 0 saturated heterocycles. The normalized spacial score (nSPS) is 12.5. The summed E-state index contributed by atoms with van der Waals surface area (Å²) in [5.74, 6) is 0.635. The molecule has 0 bridgehead atoms. The van der Waals surface area contributed by atoms with Gasteiger partial charge in [-0.15, -0.1) is 0 Å². The maximum Gasteiger partial charge on any atom is 0.118 e. The lowest BCUT2D eigenvalue weighted by Crippen LogP contribution is -1.89. The van der Waals surface area contributed by atoms with Gasteiger partial charge in [-0.2, -0.15) is 0 Å². The van der Waals surface area contributed by atoms with Gasteiger partial charge in [0.15, 0.2) is 0 Å². The van der Waals surface area contributed by atoms with Crippen molar-refractivity contribution in [2.75, 3.05) is 12.4 Å². The largest absolute Gasteiger partial charge is 0.497 e. The molecule has 0 aromatic carbocycles. The summed E-state index contributed by atoms with van der Waals surface area (Å²) in [6.07, 6.45) is 5.76. The highest BCUT2D eigenvalue weighted by molar-refractivity contribution is 9.09. The molecule has 0 aliphatic rings. The number of methoxy groups -OCH3 is 1. The van der Waals surface area contributed by atoms with Gasteiger partial charge >= 0.3 is 0 Å². The van der Waals surface area contributed by atoms with E-state index in [0.717, 1.165) is 10.9 Å². The second kappa shape index (κ2) is 6.72. The van der Waals surface area contributed by atoms with Crippen molar-refractivity contribution >= 4 is 15.9 Å². The molecular weight excluding hydrogens is 228 g/mol. The van der Waals surface area contributed by atoms with Crippen molar-refractivity contribution in [1.29, 1.82) is 0 Å². The van der Waals surface area contributed by atoms with Gasteiger partial charge in [-0.3, -0.25) is 0 Å². The summed E-state index contributed by atoms with van der Waals surface area (Å²) >= 11 is 3.39. The van der Waals surface area contributed by atoms with Crippen molar-refractivity contribution in [3.05, 3.63) is 48.3 Å². The van der Waals surface area contributed by atoms with Gasteiger partial charge in [0.1, 0.15) is 5.76 Å². The van der Waals surface area contributed by atoms with Crippen LogP contribution in [0.25, 0.3) is 0 Å². The predicted molar refractivity (Wildman–Crippen MR) is 62.0 cm³/mol. The Morgan fingerprint density at radius 1 is 1.54 bits per heavy atom. The van der Waals surface area contributed by atoms with E-state index >= 15 is 0 Å². The lowest BCUT2D eigenvalue weighted by atomic mass is 10.1. The summed E-state index contributed by atoms with van der Waals surface area (Å²) in [6.45, 7) is 9.45. The Bertz CT molecular complexity index is 249. The Morgan fingerprint density at radius 3 is 2.46 bits per heavy atom. The van der Waals surface area contributed by atoms with Crippen molar-refractivity contribution in [2.24, 2.45) is 0 Å². The number of hydrogen-bond acceptors (Lipinski definition) is 1. The molecule has 0 aliphatic carbocycles. The molecule has 1 nitrogen and oxygen atoms in total. The van der Waals surface area contributed by atoms with E-state index in [1.807, 2.05) is 19.1 Å². The fourth-order valence-electron chi connectivity index (χ4n) is 0.770. The second-order valence-corrected chi connectivity index (χ2v) is 2.99. The van der Waals surface area contributed by atoms with Gasteiger partial charge in [0.05, 0.1) is 7.11 Å². The zero-order valence-corrected chi connectivity index (χ0v) is 9.73. The minimum atomic E-state index is 0.635. The smallest absolute Gasteiger partial charge is 0.118 e. The van der Waals surface area contributed by atoms with Crippen molar-refractivity contribution in [2.45, 2.75) is 6.92 Å². The summed E-state index contributed by atoms with van der Waals surface area (Å²) in [7, 11) is 1.60. The highest BCUT2D eigenvalue weighted by Gasteiger charge is 1.98. The molecular formula is C11H15BrO. The summed E-state index contributed by atoms with van der Waals surface area (Å²) in [5, 5.41) is 0.817. The molecule has 0 saturated carbocycles. The third-order valence-corrected chi connectivity index (χ3v) is 2.30. The van der Waals surface area contributed by atoms with E-state index in [1.54, 1.807) is 13.2 Å². The van der Waals surface area contributed by atoms with Crippen LogP contribution in [0.4, 0.5) is 0 Å². The molecule has 0 atom stereocenters. The standard InChI is InChI=1S/C11H15BrO/c1-5-10(8-12)7-11(6-2)9(3)13-4/h5-7H,2-3,8H2,1,4H3/b10-5+,11-7+. The minimum absolute atomic E-state index is 0.635. The quantitative estimate of drug-likeness (QED) is 0.407. The summed E-state index contributed by atoms with van der Waals surface area (Å²) in [4.78, 5) is 0. The Morgan fingerprint density at radius 2 is 2.15 bits per heavy atom. The highest BCUT2D eigenvalue weighted by atomic mass is 79.9. The number of rotatable bonds is 5. The first kappa shape index (κ1) is 12.2.